The first-order valence-corrected chi connectivity index (χ1v) is 3.43. The number of nitrogens with two attached hydrogens (primary N) is 1. The molecule has 0 bridgehead atoms. The lowest BCUT2D eigenvalue weighted by Crippen LogP contribution is -2.33. The van der Waals surface area contributed by atoms with Crippen LogP contribution in [0.15, 0.2) is 10.6 Å². The summed E-state index contributed by atoms with van der Waals surface area (Å²) < 4.78 is -0.360. The number of halogens is 1. The second kappa shape index (κ2) is 4.50. The smallest absolute Gasteiger partial charge is 0.342 e. The molecule has 0 aromatic heterocycles. The first-order chi connectivity index (χ1) is 5.43. The number of carboxylic acid groups (broad SMARTS) is 1. The van der Waals surface area contributed by atoms with E-state index in [1.165, 1.54) is 0 Å². The molecule has 0 aromatic carbocycles. The molecule has 0 aliphatic heterocycles. The predicted molar refractivity (Wildman–Crippen MR) is 42.4 cm³/mol. The van der Waals surface area contributed by atoms with Crippen molar-refractivity contribution >= 4 is 33.8 Å². The van der Waals surface area contributed by atoms with Gasteiger partial charge in [-0.05, 0) is 15.9 Å². The van der Waals surface area contributed by atoms with Gasteiger partial charge in [0.2, 0.25) is 0 Å². The molecule has 3 amide bonds. The molecule has 0 saturated carbocycles. The standard InChI is InChI=1S/C5H5BrN2O4/c6-2(4(10)11)1-3(9)8-5(7)12/h1H,(H,10,11)(H3,7,8,9,12)/b2-1-. The lowest BCUT2D eigenvalue weighted by atomic mass is 10.5. The maximum absolute atomic E-state index is 10.6. The molecule has 4 N–H and O–H groups in total. The van der Waals surface area contributed by atoms with Gasteiger partial charge in [-0.2, -0.15) is 0 Å². The molecule has 66 valence electrons. The highest BCUT2D eigenvalue weighted by atomic mass is 79.9. The summed E-state index contributed by atoms with van der Waals surface area (Å²) in [4.78, 5) is 30.8. The van der Waals surface area contributed by atoms with Crippen LogP contribution in [-0.4, -0.2) is 23.0 Å². The van der Waals surface area contributed by atoms with Gasteiger partial charge in [0.25, 0.3) is 5.91 Å². The van der Waals surface area contributed by atoms with Crippen molar-refractivity contribution in [3.05, 3.63) is 10.6 Å². The van der Waals surface area contributed by atoms with Crippen LogP contribution in [0, 0.1) is 0 Å². The zero-order valence-electron chi connectivity index (χ0n) is 5.70. The van der Waals surface area contributed by atoms with E-state index in [9.17, 15) is 14.4 Å². The number of urea groups is 1. The van der Waals surface area contributed by atoms with Crippen LogP contribution >= 0.6 is 15.9 Å². The number of aliphatic carboxylic acids is 1. The molecular weight excluding hydrogens is 232 g/mol. The summed E-state index contributed by atoms with van der Waals surface area (Å²) in [5.41, 5.74) is 4.58. The van der Waals surface area contributed by atoms with E-state index in [0.29, 0.717) is 6.08 Å². The molecule has 12 heavy (non-hydrogen) atoms. The molecule has 6 nitrogen and oxygen atoms in total. The van der Waals surface area contributed by atoms with Gasteiger partial charge in [-0.15, -0.1) is 0 Å². The Bertz CT molecular complexity index is 260. The Labute approximate surface area is 75.5 Å². The van der Waals surface area contributed by atoms with E-state index in [-0.39, 0.29) is 4.48 Å². The van der Waals surface area contributed by atoms with Crippen molar-refractivity contribution in [3.63, 3.8) is 0 Å². The van der Waals surface area contributed by atoms with Crippen LogP contribution < -0.4 is 11.1 Å². The first-order valence-electron chi connectivity index (χ1n) is 2.64. The number of hydrogen-bond acceptors (Lipinski definition) is 3. The largest absolute Gasteiger partial charge is 0.477 e. The molecular formula is C5H5BrN2O4. The van der Waals surface area contributed by atoms with Gasteiger partial charge in [0.05, 0.1) is 0 Å². The van der Waals surface area contributed by atoms with Gasteiger partial charge in [0.15, 0.2) is 0 Å². The maximum Gasteiger partial charge on any atom is 0.342 e. The van der Waals surface area contributed by atoms with E-state index >= 15 is 0 Å². The minimum Gasteiger partial charge on any atom is -0.477 e. The lowest BCUT2D eigenvalue weighted by Gasteiger charge is -1.93. The van der Waals surface area contributed by atoms with E-state index in [0.717, 1.165) is 0 Å². The van der Waals surface area contributed by atoms with Gasteiger partial charge in [0, 0.05) is 6.08 Å². The number of hydrogen-bond donors (Lipinski definition) is 3. The van der Waals surface area contributed by atoms with E-state index in [2.05, 4.69) is 21.7 Å². The Morgan fingerprint density at radius 2 is 1.92 bits per heavy atom. The maximum atomic E-state index is 10.6. The van der Waals surface area contributed by atoms with Crippen molar-refractivity contribution in [1.82, 2.24) is 5.32 Å². The Hall–Kier alpha value is -1.37. The lowest BCUT2D eigenvalue weighted by molar-refractivity contribution is -0.132. The molecule has 0 aliphatic rings. The van der Waals surface area contributed by atoms with Crippen LogP contribution in [0.25, 0.3) is 0 Å². The topological polar surface area (TPSA) is 109 Å². The predicted octanol–water partition coefficient (Wildman–Crippen LogP) is -0.455. The average Bonchev–Trinajstić information content (AvgIpc) is 1.84. The minimum atomic E-state index is -1.31. The molecule has 0 atom stereocenters. The number of amides is 3. The SMILES string of the molecule is NC(=O)NC(=O)/C=C(\Br)C(=O)O. The summed E-state index contributed by atoms with van der Waals surface area (Å²) in [6, 6.07) is -1.04. The summed E-state index contributed by atoms with van der Waals surface area (Å²) in [5, 5.41) is 9.91. The normalized spacial score (nSPS) is 10.6. The highest BCUT2D eigenvalue weighted by molar-refractivity contribution is 9.12. The molecule has 0 radical (unpaired) electrons. The Morgan fingerprint density at radius 1 is 1.42 bits per heavy atom. The number of primary amides is 1. The van der Waals surface area contributed by atoms with Crippen molar-refractivity contribution in [2.24, 2.45) is 5.73 Å². The van der Waals surface area contributed by atoms with E-state index in [1.54, 1.807) is 5.32 Å². The Balaban J connectivity index is 4.24. The summed E-state index contributed by atoms with van der Waals surface area (Å²) in [7, 11) is 0. The van der Waals surface area contributed by atoms with Gasteiger partial charge >= 0.3 is 12.0 Å². The second-order valence-electron chi connectivity index (χ2n) is 1.65. The molecule has 0 unspecified atom stereocenters. The third kappa shape index (κ3) is 4.45. The summed E-state index contributed by atoms with van der Waals surface area (Å²) in [6.07, 6.45) is 0.688. The van der Waals surface area contributed by atoms with Crippen molar-refractivity contribution in [3.8, 4) is 0 Å². The third-order valence-corrected chi connectivity index (χ3v) is 1.28. The number of imide groups is 1. The van der Waals surface area contributed by atoms with Crippen LogP contribution in [0.3, 0.4) is 0 Å². The Morgan fingerprint density at radius 3 is 2.25 bits per heavy atom. The van der Waals surface area contributed by atoms with Crippen molar-refractivity contribution < 1.29 is 19.5 Å². The summed E-state index contributed by atoms with van der Waals surface area (Å²) in [6.45, 7) is 0. The molecule has 0 fully saturated rings. The monoisotopic (exact) mass is 236 g/mol. The average molecular weight is 237 g/mol. The fourth-order valence-electron chi connectivity index (χ4n) is 0.334. The van der Waals surface area contributed by atoms with Gasteiger partial charge in [-0.25, -0.2) is 9.59 Å². The summed E-state index contributed by atoms with van der Waals surface area (Å²) in [5.74, 6) is -2.20. The number of carbonyl (C=O) groups excluding carboxylic acids is 2. The quantitative estimate of drug-likeness (QED) is 0.564. The molecule has 0 spiro atoms. The van der Waals surface area contributed by atoms with Crippen LogP contribution in [0.4, 0.5) is 4.79 Å². The fourth-order valence-corrected chi connectivity index (χ4v) is 0.542. The molecule has 7 heteroatoms. The molecule has 0 aromatic rings. The van der Waals surface area contributed by atoms with Crippen LogP contribution in [0.2, 0.25) is 0 Å². The van der Waals surface area contributed by atoms with Crippen molar-refractivity contribution in [2.75, 3.05) is 0 Å². The number of rotatable bonds is 2. The number of carboxylic acids is 1. The molecule has 0 rings (SSSR count). The highest BCUT2D eigenvalue weighted by Gasteiger charge is 2.06. The van der Waals surface area contributed by atoms with Gasteiger partial charge < -0.3 is 10.8 Å². The van der Waals surface area contributed by atoms with E-state index in [1.807, 2.05) is 0 Å². The molecule has 0 heterocycles. The van der Waals surface area contributed by atoms with Gasteiger partial charge in [-0.1, -0.05) is 0 Å². The van der Waals surface area contributed by atoms with Gasteiger partial charge in [-0.3, -0.25) is 10.1 Å². The number of nitrogens with one attached hydrogen (secondary N) is 1. The number of carbonyl (C=O) groups is 3. The van der Waals surface area contributed by atoms with E-state index < -0.39 is 17.9 Å². The molecule has 0 saturated heterocycles. The van der Waals surface area contributed by atoms with Crippen LogP contribution in [-0.2, 0) is 9.59 Å². The minimum absolute atomic E-state index is 0.360. The highest BCUT2D eigenvalue weighted by Crippen LogP contribution is 2.02. The zero-order chi connectivity index (χ0) is 9.72. The molecule has 0 aliphatic carbocycles. The van der Waals surface area contributed by atoms with Gasteiger partial charge in [0.1, 0.15) is 4.48 Å². The Kier molecular flexibility index (Phi) is 3.98. The van der Waals surface area contributed by atoms with Crippen molar-refractivity contribution in [2.45, 2.75) is 0 Å². The third-order valence-electron chi connectivity index (χ3n) is 0.709. The first kappa shape index (κ1) is 10.6. The second-order valence-corrected chi connectivity index (χ2v) is 2.51. The van der Waals surface area contributed by atoms with E-state index in [4.69, 9.17) is 5.11 Å². The fraction of sp³-hybridized carbons (Fsp3) is 0. The zero-order valence-corrected chi connectivity index (χ0v) is 7.29. The van der Waals surface area contributed by atoms with Crippen LogP contribution in [0.5, 0.6) is 0 Å². The van der Waals surface area contributed by atoms with Crippen LogP contribution in [0.1, 0.15) is 0 Å². The summed E-state index contributed by atoms with van der Waals surface area (Å²) >= 11 is 2.58. The van der Waals surface area contributed by atoms with Crippen molar-refractivity contribution in [1.29, 1.82) is 0 Å².